The van der Waals surface area contributed by atoms with Crippen LogP contribution in [-0.4, -0.2) is 32.8 Å². The largest absolute Gasteiger partial charge is 0.431 e. The van der Waals surface area contributed by atoms with Crippen molar-refractivity contribution >= 4 is 17.3 Å². The van der Waals surface area contributed by atoms with E-state index in [2.05, 4.69) is 5.10 Å². The average Bonchev–Trinajstić information content (AvgIpc) is 3.18. The number of halogens is 3. The highest BCUT2D eigenvalue weighted by molar-refractivity contribution is 6.00. The predicted octanol–water partition coefficient (Wildman–Crippen LogP) is 4.87. The molecule has 0 unspecified atom stereocenters. The molecule has 0 fully saturated rings. The lowest BCUT2D eigenvalue weighted by atomic mass is 9.96. The first-order chi connectivity index (χ1) is 15.6. The van der Waals surface area contributed by atoms with Gasteiger partial charge < -0.3 is 5.11 Å². The van der Waals surface area contributed by atoms with Gasteiger partial charge in [-0.1, -0.05) is 42.5 Å². The zero-order valence-electron chi connectivity index (χ0n) is 16.9. The van der Waals surface area contributed by atoms with Gasteiger partial charge in [-0.25, -0.2) is 0 Å². The number of carbonyl (C=O) groups is 1. The number of hydrogen-bond donors (Lipinski definition) is 1. The fraction of sp³-hybridized carbons (Fsp3) is 0.130. The summed E-state index contributed by atoms with van der Waals surface area (Å²) in [5.74, 6) is -0.949. The summed E-state index contributed by atoms with van der Waals surface area (Å²) in [4.78, 5) is 23.3. The third-order valence-corrected chi connectivity index (χ3v) is 5.28. The van der Waals surface area contributed by atoms with E-state index in [9.17, 15) is 33.2 Å². The number of rotatable bonds is 4. The van der Waals surface area contributed by atoms with Crippen molar-refractivity contribution in [2.24, 2.45) is 5.10 Å². The number of nitrogens with zero attached hydrogens (tertiary/aromatic N) is 3. The topological polar surface area (TPSA) is 96.0 Å². The van der Waals surface area contributed by atoms with Crippen LogP contribution in [0.15, 0.2) is 84.0 Å². The number of nitro benzene ring substituents is 1. The number of non-ortho nitro benzene ring substituents is 1. The zero-order chi connectivity index (χ0) is 23.8. The van der Waals surface area contributed by atoms with Gasteiger partial charge >= 0.3 is 6.18 Å². The normalized spacial score (nSPS) is 18.2. The molecule has 0 aromatic heterocycles. The summed E-state index contributed by atoms with van der Waals surface area (Å²) in [6.45, 7) is 0. The number of aliphatic hydroxyl groups is 1. The van der Waals surface area contributed by atoms with Crippen molar-refractivity contribution in [3.63, 3.8) is 0 Å². The Morgan fingerprint density at radius 1 is 0.970 bits per heavy atom. The Labute approximate surface area is 185 Å². The number of hydrazone groups is 1. The highest BCUT2D eigenvalue weighted by Gasteiger charge is 2.53. The van der Waals surface area contributed by atoms with E-state index in [0.717, 1.165) is 35.4 Å². The maximum Gasteiger partial charge on any atom is 0.431 e. The first kappa shape index (κ1) is 22.2. The summed E-state index contributed by atoms with van der Waals surface area (Å²) < 4.78 is 40.2. The monoisotopic (exact) mass is 455 g/mol. The van der Waals surface area contributed by atoms with Crippen LogP contribution >= 0.6 is 0 Å². The van der Waals surface area contributed by atoms with E-state index in [-0.39, 0.29) is 16.8 Å². The van der Waals surface area contributed by atoms with Gasteiger partial charge in [-0.15, -0.1) is 0 Å². The van der Waals surface area contributed by atoms with Crippen molar-refractivity contribution in [2.75, 3.05) is 0 Å². The molecular weight excluding hydrogens is 439 g/mol. The summed E-state index contributed by atoms with van der Waals surface area (Å²) >= 11 is 0. The van der Waals surface area contributed by atoms with Gasteiger partial charge in [-0.2, -0.15) is 23.3 Å². The first-order valence-corrected chi connectivity index (χ1v) is 9.71. The molecule has 4 rings (SSSR count). The molecule has 3 aromatic rings. The van der Waals surface area contributed by atoms with E-state index in [0.29, 0.717) is 5.01 Å². The van der Waals surface area contributed by atoms with Gasteiger partial charge in [0.15, 0.2) is 5.72 Å². The number of alkyl halides is 3. The molecule has 0 aliphatic carbocycles. The molecule has 0 spiro atoms. The Morgan fingerprint density at radius 2 is 1.55 bits per heavy atom. The molecule has 1 heterocycles. The van der Waals surface area contributed by atoms with E-state index in [1.165, 1.54) is 12.1 Å². The number of benzene rings is 3. The highest BCUT2D eigenvalue weighted by Crippen LogP contribution is 2.41. The number of carbonyl (C=O) groups excluding carboxylic acids is 1. The van der Waals surface area contributed by atoms with Crippen LogP contribution in [0.2, 0.25) is 0 Å². The van der Waals surface area contributed by atoms with Gasteiger partial charge in [0.2, 0.25) is 0 Å². The second-order valence-electron chi connectivity index (χ2n) is 7.40. The maximum absolute atomic E-state index is 13.4. The van der Waals surface area contributed by atoms with Gasteiger partial charge in [0.05, 0.1) is 11.3 Å². The fourth-order valence-corrected chi connectivity index (χ4v) is 3.55. The van der Waals surface area contributed by atoms with E-state index < -0.39 is 34.9 Å². The molecule has 3 aromatic carbocycles. The lowest BCUT2D eigenvalue weighted by Crippen LogP contribution is -2.43. The van der Waals surface area contributed by atoms with Gasteiger partial charge in [-0.3, -0.25) is 14.9 Å². The predicted molar refractivity (Wildman–Crippen MR) is 113 cm³/mol. The summed E-state index contributed by atoms with van der Waals surface area (Å²) in [6.07, 6.45) is -5.89. The van der Waals surface area contributed by atoms with E-state index >= 15 is 0 Å². The van der Waals surface area contributed by atoms with Crippen molar-refractivity contribution in [1.82, 2.24) is 5.01 Å². The van der Waals surface area contributed by atoms with Crippen molar-refractivity contribution in [2.45, 2.75) is 18.3 Å². The van der Waals surface area contributed by atoms with Gasteiger partial charge in [0.25, 0.3) is 11.6 Å². The highest BCUT2D eigenvalue weighted by atomic mass is 19.4. The number of hydrogen-bond acceptors (Lipinski definition) is 5. The Balaban J connectivity index is 1.70. The van der Waals surface area contributed by atoms with Crippen LogP contribution in [0.3, 0.4) is 0 Å². The summed E-state index contributed by atoms with van der Waals surface area (Å²) in [5.41, 5.74) is -2.55. The van der Waals surface area contributed by atoms with Crippen molar-refractivity contribution in [3.05, 3.63) is 100 Å². The van der Waals surface area contributed by atoms with Crippen molar-refractivity contribution in [1.29, 1.82) is 0 Å². The standard InChI is InChI=1S/C23H16F3N3O4/c24-23(25,26)20-14-22(31,18-10-12-19(13-11-18)29(32)33)28(27-20)21(30)17-8-6-16(7-9-17)15-4-2-1-3-5-15/h1-13,31H,14H2/t22-/m1/s1. The molecule has 10 heteroatoms. The lowest BCUT2D eigenvalue weighted by Gasteiger charge is -2.31. The molecule has 0 bridgehead atoms. The molecule has 1 atom stereocenters. The van der Waals surface area contributed by atoms with Crippen LogP contribution in [0.1, 0.15) is 22.3 Å². The third kappa shape index (κ3) is 4.20. The van der Waals surface area contributed by atoms with Gasteiger partial charge in [0.1, 0.15) is 5.71 Å². The summed E-state index contributed by atoms with van der Waals surface area (Å²) in [5, 5.41) is 25.8. The van der Waals surface area contributed by atoms with Crippen LogP contribution < -0.4 is 0 Å². The zero-order valence-corrected chi connectivity index (χ0v) is 16.9. The van der Waals surface area contributed by atoms with Crippen LogP contribution in [0.25, 0.3) is 11.1 Å². The number of amides is 1. The fourth-order valence-electron chi connectivity index (χ4n) is 3.55. The Morgan fingerprint density at radius 3 is 2.09 bits per heavy atom. The van der Waals surface area contributed by atoms with Crippen LogP contribution in [0.5, 0.6) is 0 Å². The minimum absolute atomic E-state index is 0.0159. The van der Waals surface area contributed by atoms with Crippen LogP contribution in [-0.2, 0) is 5.72 Å². The third-order valence-electron chi connectivity index (χ3n) is 5.28. The summed E-state index contributed by atoms with van der Waals surface area (Å²) in [7, 11) is 0. The quantitative estimate of drug-likeness (QED) is 0.448. The molecule has 0 saturated carbocycles. The van der Waals surface area contributed by atoms with Gasteiger partial charge in [0, 0.05) is 23.3 Å². The molecule has 1 aliphatic heterocycles. The van der Waals surface area contributed by atoms with E-state index in [1.807, 2.05) is 30.3 Å². The molecule has 0 radical (unpaired) electrons. The van der Waals surface area contributed by atoms with Crippen LogP contribution in [0, 0.1) is 10.1 Å². The molecule has 1 amide bonds. The van der Waals surface area contributed by atoms with Gasteiger partial charge in [-0.05, 0) is 35.4 Å². The molecule has 168 valence electrons. The van der Waals surface area contributed by atoms with Crippen molar-refractivity contribution < 1.29 is 28.0 Å². The minimum Gasteiger partial charge on any atom is -0.365 e. The second-order valence-corrected chi connectivity index (χ2v) is 7.40. The maximum atomic E-state index is 13.4. The SMILES string of the molecule is O=C(c1ccc(-c2ccccc2)cc1)N1N=C(C(F)(F)F)C[C@@]1(O)c1ccc([N+](=O)[O-])cc1. The Bertz CT molecular complexity index is 1230. The summed E-state index contributed by atoms with van der Waals surface area (Å²) in [6, 6.07) is 19.7. The first-order valence-electron chi connectivity index (χ1n) is 9.71. The smallest absolute Gasteiger partial charge is 0.365 e. The minimum atomic E-state index is -4.87. The van der Waals surface area contributed by atoms with E-state index in [1.54, 1.807) is 12.1 Å². The molecular formula is C23H16F3N3O4. The molecule has 1 N–H and O–H groups in total. The van der Waals surface area contributed by atoms with E-state index in [4.69, 9.17) is 0 Å². The molecule has 7 nitrogen and oxygen atoms in total. The van der Waals surface area contributed by atoms with Crippen molar-refractivity contribution in [3.8, 4) is 11.1 Å². The Kier molecular flexibility index (Phi) is 5.46. The molecule has 1 aliphatic rings. The molecule has 33 heavy (non-hydrogen) atoms. The Hall–Kier alpha value is -4.05. The lowest BCUT2D eigenvalue weighted by molar-refractivity contribution is -0.384. The number of nitro groups is 1. The molecule has 0 saturated heterocycles. The van der Waals surface area contributed by atoms with Crippen LogP contribution in [0.4, 0.5) is 18.9 Å². The average molecular weight is 455 g/mol. The second kappa shape index (κ2) is 8.14.